The van der Waals surface area contributed by atoms with E-state index in [1.807, 2.05) is 6.92 Å². The number of ether oxygens (including phenoxy) is 1. The van der Waals surface area contributed by atoms with E-state index >= 15 is 0 Å². The van der Waals surface area contributed by atoms with Crippen LogP contribution in [0.15, 0.2) is 12.1 Å². The molecular weight excluding hydrogens is 234 g/mol. The highest BCUT2D eigenvalue weighted by Crippen LogP contribution is 2.26. The van der Waals surface area contributed by atoms with Gasteiger partial charge < -0.3 is 15.4 Å². The summed E-state index contributed by atoms with van der Waals surface area (Å²) in [7, 11) is 0. The Morgan fingerprint density at radius 3 is 3.17 bits per heavy atom. The van der Waals surface area contributed by atoms with Gasteiger partial charge in [0.25, 0.3) is 5.91 Å². The van der Waals surface area contributed by atoms with Crippen LogP contribution in [0.3, 0.4) is 0 Å². The van der Waals surface area contributed by atoms with E-state index in [2.05, 4.69) is 15.6 Å². The van der Waals surface area contributed by atoms with Crippen molar-refractivity contribution in [1.29, 1.82) is 0 Å². The maximum Gasteiger partial charge on any atom is 0.263 e. The van der Waals surface area contributed by atoms with E-state index in [9.17, 15) is 9.59 Å². The smallest absolute Gasteiger partial charge is 0.263 e. The molecule has 2 N–H and O–H groups in total. The average Bonchev–Trinajstić information content (AvgIpc) is 2.36. The minimum atomic E-state index is -0.246. The molecule has 6 nitrogen and oxygen atoms in total. The second-order valence-electron chi connectivity index (χ2n) is 4.03. The van der Waals surface area contributed by atoms with Crippen molar-refractivity contribution >= 4 is 23.5 Å². The summed E-state index contributed by atoms with van der Waals surface area (Å²) in [4.78, 5) is 26.8. The van der Waals surface area contributed by atoms with Crippen LogP contribution in [0.2, 0.25) is 0 Å². The first-order valence-electron chi connectivity index (χ1n) is 5.92. The highest BCUT2D eigenvalue weighted by atomic mass is 16.5. The predicted molar refractivity (Wildman–Crippen MR) is 66.5 cm³/mol. The zero-order valence-electron chi connectivity index (χ0n) is 10.2. The van der Waals surface area contributed by atoms with E-state index in [1.54, 1.807) is 12.1 Å². The fraction of sp³-hybridized carbons (Fsp3) is 0.417. The Hall–Kier alpha value is -2.11. The fourth-order valence-corrected chi connectivity index (χ4v) is 1.58. The summed E-state index contributed by atoms with van der Waals surface area (Å²) >= 11 is 0. The predicted octanol–water partition coefficient (Wildman–Crippen LogP) is 1.54. The van der Waals surface area contributed by atoms with Crippen molar-refractivity contribution in [3.8, 4) is 5.75 Å². The molecule has 6 heteroatoms. The van der Waals surface area contributed by atoms with Crippen LogP contribution in [0.25, 0.3) is 0 Å². The number of aromatic nitrogens is 1. The van der Waals surface area contributed by atoms with Crippen LogP contribution in [0.4, 0.5) is 11.6 Å². The lowest BCUT2D eigenvalue weighted by Gasteiger charge is -2.17. The monoisotopic (exact) mass is 249 g/mol. The quantitative estimate of drug-likeness (QED) is 0.848. The molecule has 0 bridgehead atoms. The minimum Gasteiger partial charge on any atom is -0.480 e. The molecule has 0 aliphatic carbocycles. The van der Waals surface area contributed by atoms with E-state index < -0.39 is 0 Å². The third-order valence-corrected chi connectivity index (χ3v) is 2.50. The summed E-state index contributed by atoms with van der Waals surface area (Å²) in [5.41, 5.74) is 0. The van der Waals surface area contributed by atoms with E-state index in [0.717, 1.165) is 12.8 Å². The molecule has 0 fully saturated rings. The molecule has 0 atom stereocenters. The van der Waals surface area contributed by atoms with E-state index in [4.69, 9.17) is 4.74 Å². The minimum absolute atomic E-state index is 0.00309. The Bertz CT molecular complexity index is 474. The number of fused-ring (bicyclic) bond motifs is 1. The van der Waals surface area contributed by atoms with Crippen LogP contribution < -0.4 is 15.4 Å². The zero-order chi connectivity index (χ0) is 13.0. The van der Waals surface area contributed by atoms with Gasteiger partial charge in [-0.05, 0) is 18.6 Å². The Balaban J connectivity index is 2.04. The van der Waals surface area contributed by atoms with Crippen molar-refractivity contribution in [3.63, 3.8) is 0 Å². The largest absolute Gasteiger partial charge is 0.480 e. The van der Waals surface area contributed by atoms with Gasteiger partial charge in [-0.25, -0.2) is 4.98 Å². The lowest BCUT2D eigenvalue weighted by Crippen LogP contribution is -2.26. The number of hydrogen-bond donors (Lipinski definition) is 2. The van der Waals surface area contributed by atoms with Crippen molar-refractivity contribution in [2.75, 3.05) is 17.2 Å². The zero-order valence-corrected chi connectivity index (χ0v) is 10.2. The number of anilines is 2. The first-order chi connectivity index (χ1) is 8.69. The van der Waals surface area contributed by atoms with Gasteiger partial charge in [-0.3, -0.25) is 9.59 Å². The number of amides is 2. The summed E-state index contributed by atoms with van der Waals surface area (Å²) in [6, 6.07) is 3.33. The fourth-order valence-electron chi connectivity index (χ4n) is 1.58. The lowest BCUT2D eigenvalue weighted by molar-refractivity contribution is -0.118. The summed E-state index contributed by atoms with van der Waals surface area (Å²) in [6.45, 7) is 2.02. The van der Waals surface area contributed by atoms with Crippen LogP contribution in [-0.4, -0.2) is 23.4 Å². The van der Waals surface area contributed by atoms with Crippen molar-refractivity contribution in [2.24, 2.45) is 0 Å². The SMILES string of the molecule is CCCCC(=O)Nc1ccc2c(n1)NC(=O)CO2. The molecule has 2 rings (SSSR count). The maximum absolute atomic E-state index is 11.5. The molecule has 1 aliphatic rings. The standard InChI is InChI=1S/C12H15N3O3/c1-2-3-4-10(16)13-9-6-5-8-12(14-9)15-11(17)7-18-8/h5-6H,2-4,7H2,1H3,(H2,13,14,15,16,17). The van der Waals surface area contributed by atoms with Crippen LogP contribution in [0.1, 0.15) is 26.2 Å². The Morgan fingerprint density at radius 1 is 1.56 bits per heavy atom. The lowest BCUT2D eigenvalue weighted by atomic mass is 10.2. The van der Waals surface area contributed by atoms with Gasteiger partial charge in [-0.2, -0.15) is 0 Å². The molecule has 0 spiro atoms. The molecular formula is C12H15N3O3. The van der Waals surface area contributed by atoms with Crippen LogP contribution >= 0.6 is 0 Å². The molecule has 0 aromatic carbocycles. The Kier molecular flexibility index (Phi) is 3.76. The van der Waals surface area contributed by atoms with Crippen LogP contribution in [0.5, 0.6) is 5.75 Å². The third-order valence-electron chi connectivity index (χ3n) is 2.50. The van der Waals surface area contributed by atoms with Gasteiger partial charge in [-0.15, -0.1) is 0 Å². The van der Waals surface area contributed by atoms with Gasteiger partial charge in [0.15, 0.2) is 18.2 Å². The number of nitrogens with one attached hydrogen (secondary N) is 2. The number of hydrogen-bond acceptors (Lipinski definition) is 4. The van der Waals surface area contributed by atoms with Crippen molar-refractivity contribution in [2.45, 2.75) is 26.2 Å². The summed E-state index contributed by atoms with van der Waals surface area (Å²) in [5.74, 6) is 0.957. The van der Waals surface area contributed by atoms with E-state index in [1.165, 1.54) is 0 Å². The molecule has 2 amide bonds. The van der Waals surface area contributed by atoms with Gasteiger partial charge in [0, 0.05) is 6.42 Å². The van der Waals surface area contributed by atoms with Crippen LogP contribution in [0, 0.1) is 0 Å². The van der Waals surface area contributed by atoms with Gasteiger partial charge in [0.2, 0.25) is 5.91 Å². The highest BCUT2D eigenvalue weighted by molar-refractivity contribution is 5.95. The highest BCUT2D eigenvalue weighted by Gasteiger charge is 2.17. The van der Waals surface area contributed by atoms with Crippen molar-refractivity contribution in [1.82, 2.24) is 4.98 Å². The van der Waals surface area contributed by atoms with Gasteiger partial charge in [0.05, 0.1) is 0 Å². The maximum atomic E-state index is 11.5. The normalized spacial score (nSPS) is 13.3. The molecule has 18 heavy (non-hydrogen) atoms. The average molecular weight is 249 g/mol. The number of carbonyl (C=O) groups is 2. The van der Waals surface area contributed by atoms with E-state index in [-0.39, 0.29) is 18.4 Å². The second-order valence-corrected chi connectivity index (χ2v) is 4.03. The molecule has 1 aromatic rings. The van der Waals surface area contributed by atoms with Gasteiger partial charge in [0.1, 0.15) is 5.82 Å². The number of nitrogens with zero attached hydrogens (tertiary/aromatic N) is 1. The number of unbranched alkanes of at least 4 members (excludes halogenated alkanes) is 1. The van der Waals surface area contributed by atoms with Gasteiger partial charge >= 0.3 is 0 Å². The topological polar surface area (TPSA) is 80.3 Å². The third kappa shape index (κ3) is 2.97. The molecule has 1 aliphatic heterocycles. The molecule has 0 radical (unpaired) electrons. The van der Waals surface area contributed by atoms with Gasteiger partial charge in [-0.1, -0.05) is 13.3 Å². The second kappa shape index (κ2) is 5.48. The van der Waals surface area contributed by atoms with E-state index in [0.29, 0.717) is 23.8 Å². The van der Waals surface area contributed by atoms with Crippen molar-refractivity contribution < 1.29 is 14.3 Å². The summed E-state index contributed by atoms with van der Waals surface area (Å²) < 4.78 is 5.17. The first-order valence-corrected chi connectivity index (χ1v) is 5.92. The molecule has 96 valence electrons. The summed E-state index contributed by atoms with van der Waals surface area (Å²) in [6.07, 6.45) is 2.28. The molecule has 0 saturated heterocycles. The Labute approximate surface area is 105 Å². The Morgan fingerprint density at radius 2 is 2.39 bits per heavy atom. The summed E-state index contributed by atoms with van der Waals surface area (Å²) in [5, 5.41) is 5.28. The molecule has 0 unspecified atom stereocenters. The number of rotatable bonds is 4. The molecule has 2 heterocycles. The molecule has 0 saturated carbocycles. The van der Waals surface area contributed by atoms with Crippen LogP contribution in [-0.2, 0) is 9.59 Å². The first kappa shape index (κ1) is 12.3. The number of pyridine rings is 1. The molecule has 1 aromatic heterocycles. The number of carbonyl (C=O) groups excluding carboxylic acids is 2. The van der Waals surface area contributed by atoms with Crippen molar-refractivity contribution in [3.05, 3.63) is 12.1 Å².